The van der Waals surface area contributed by atoms with Gasteiger partial charge >= 0.3 is 5.97 Å². The summed E-state index contributed by atoms with van der Waals surface area (Å²) in [5, 5.41) is 11.3. The van der Waals surface area contributed by atoms with Gasteiger partial charge in [0.05, 0.1) is 46.8 Å². The number of aliphatic imine (C=N–C) groups is 1. The SMILES string of the molecule is O=C(O)C1=C(COCCN2CCCCC2)N=C(c2ccco2)N(CC=Cc2ccccc2)C1c1ccc(Cl)c(Cl)c1. The molecule has 1 N–H and O–H groups in total. The van der Waals surface area contributed by atoms with E-state index < -0.39 is 12.0 Å². The fourth-order valence-corrected chi connectivity index (χ4v) is 5.58. The minimum atomic E-state index is -1.07. The van der Waals surface area contributed by atoms with E-state index >= 15 is 0 Å². The number of carboxylic acids is 1. The van der Waals surface area contributed by atoms with E-state index in [2.05, 4.69) is 4.90 Å². The maximum atomic E-state index is 12.9. The second kappa shape index (κ2) is 14.0. The molecule has 1 fully saturated rings. The zero-order valence-corrected chi connectivity index (χ0v) is 24.2. The van der Waals surface area contributed by atoms with E-state index in [0.29, 0.717) is 46.1 Å². The lowest BCUT2D eigenvalue weighted by atomic mass is 9.93. The number of likely N-dealkylation sites (tertiary alicyclic amines) is 1. The number of hydrogen-bond donors (Lipinski definition) is 1. The third-order valence-electron chi connectivity index (χ3n) is 7.29. The van der Waals surface area contributed by atoms with Crippen molar-refractivity contribution in [1.29, 1.82) is 0 Å². The standard InChI is InChI=1S/C32H33Cl2N3O4/c33-25-14-13-24(21-26(25)34)30-29(32(38)39)27(22-40-20-18-36-15-5-2-6-16-36)35-31(28-12-8-19-41-28)37(30)17-7-11-23-9-3-1-4-10-23/h1,3-4,7-14,19,21,30H,2,5-6,15-18,20,22H2,(H,38,39). The summed E-state index contributed by atoms with van der Waals surface area (Å²) in [6.45, 7) is 3.85. The zero-order chi connectivity index (χ0) is 28.6. The quantitative estimate of drug-likeness (QED) is 0.242. The molecule has 3 heterocycles. The van der Waals surface area contributed by atoms with Gasteiger partial charge in [-0.05, 0) is 61.3 Å². The van der Waals surface area contributed by atoms with Crippen LogP contribution in [0.25, 0.3) is 6.08 Å². The fourth-order valence-electron chi connectivity index (χ4n) is 5.27. The van der Waals surface area contributed by atoms with Gasteiger partial charge in [0.25, 0.3) is 0 Å². The van der Waals surface area contributed by atoms with E-state index in [1.54, 1.807) is 30.5 Å². The summed E-state index contributed by atoms with van der Waals surface area (Å²) in [5.74, 6) is -0.0307. The summed E-state index contributed by atoms with van der Waals surface area (Å²) in [4.78, 5) is 22.0. The minimum Gasteiger partial charge on any atom is -0.478 e. The molecule has 0 bridgehead atoms. The predicted molar refractivity (Wildman–Crippen MR) is 162 cm³/mol. The van der Waals surface area contributed by atoms with E-state index in [-0.39, 0.29) is 12.2 Å². The molecule has 0 aliphatic carbocycles. The Labute approximate surface area is 250 Å². The molecule has 1 unspecified atom stereocenters. The van der Waals surface area contributed by atoms with E-state index in [4.69, 9.17) is 37.3 Å². The lowest BCUT2D eigenvalue weighted by Crippen LogP contribution is -2.41. The maximum absolute atomic E-state index is 12.9. The number of amidine groups is 1. The first kappa shape index (κ1) is 29.1. The Hall–Kier alpha value is -3.36. The molecule has 214 valence electrons. The first-order valence-corrected chi connectivity index (χ1v) is 14.6. The molecule has 3 aromatic rings. The van der Waals surface area contributed by atoms with Crippen molar-refractivity contribution in [3.8, 4) is 0 Å². The number of piperidine rings is 1. The van der Waals surface area contributed by atoms with Crippen LogP contribution in [0.2, 0.25) is 10.0 Å². The summed E-state index contributed by atoms with van der Waals surface area (Å²) in [7, 11) is 0. The number of ether oxygens (including phenoxy) is 1. The summed E-state index contributed by atoms with van der Waals surface area (Å²) < 4.78 is 11.8. The first-order valence-electron chi connectivity index (χ1n) is 13.8. The van der Waals surface area contributed by atoms with Gasteiger partial charge in [0.1, 0.15) is 0 Å². The number of hydrogen-bond acceptors (Lipinski definition) is 6. The van der Waals surface area contributed by atoms with E-state index in [0.717, 1.165) is 25.2 Å². The van der Waals surface area contributed by atoms with Crippen molar-refractivity contribution in [2.45, 2.75) is 25.3 Å². The molecule has 41 heavy (non-hydrogen) atoms. The number of rotatable bonds is 11. The van der Waals surface area contributed by atoms with Crippen molar-refractivity contribution in [1.82, 2.24) is 9.80 Å². The highest BCUT2D eigenvalue weighted by atomic mass is 35.5. The summed E-state index contributed by atoms with van der Waals surface area (Å²) in [5.41, 5.74) is 2.19. The smallest absolute Gasteiger partial charge is 0.336 e. The number of benzene rings is 2. The van der Waals surface area contributed by atoms with E-state index in [1.165, 1.54) is 19.3 Å². The van der Waals surface area contributed by atoms with Crippen molar-refractivity contribution in [3.05, 3.63) is 111 Å². The number of carbonyl (C=O) groups is 1. The van der Waals surface area contributed by atoms with Crippen LogP contribution in [0, 0.1) is 0 Å². The largest absolute Gasteiger partial charge is 0.478 e. The Morgan fingerprint density at radius 2 is 1.85 bits per heavy atom. The second-order valence-electron chi connectivity index (χ2n) is 10.1. The third kappa shape index (κ3) is 7.29. The topological polar surface area (TPSA) is 78.5 Å². The van der Waals surface area contributed by atoms with Gasteiger partial charge in [-0.3, -0.25) is 0 Å². The van der Waals surface area contributed by atoms with Crippen LogP contribution in [0.5, 0.6) is 0 Å². The van der Waals surface area contributed by atoms with Crippen molar-refractivity contribution < 1.29 is 19.1 Å². The van der Waals surface area contributed by atoms with Crippen LogP contribution in [-0.4, -0.2) is 66.1 Å². The first-order chi connectivity index (χ1) is 20.0. The van der Waals surface area contributed by atoms with Gasteiger partial charge in [-0.2, -0.15) is 0 Å². The van der Waals surface area contributed by atoms with Crippen molar-refractivity contribution in [2.24, 2.45) is 4.99 Å². The van der Waals surface area contributed by atoms with E-state index in [9.17, 15) is 9.90 Å². The Bertz CT molecular complexity index is 1410. The average molecular weight is 595 g/mol. The highest BCUT2D eigenvalue weighted by Crippen LogP contribution is 2.39. The molecular weight excluding hydrogens is 561 g/mol. The zero-order valence-electron chi connectivity index (χ0n) is 22.7. The molecule has 1 saturated heterocycles. The maximum Gasteiger partial charge on any atom is 0.336 e. The number of halogens is 2. The van der Waals surface area contributed by atoms with Gasteiger partial charge < -0.3 is 24.1 Å². The molecule has 7 nitrogen and oxygen atoms in total. The summed E-state index contributed by atoms with van der Waals surface area (Å²) in [6, 6.07) is 18.0. The van der Waals surface area contributed by atoms with Crippen LogP contribution >= 0.6 is 23.2 Å². The average Bonchev–Trinajstić information content (AvgIpc) is 3.53. The van der Waals surface area contributed by atoms with Crippen LogP contribution in [-0.2, 0) is 9.53 Å². The van der Waals surface area contributed by atoms with Gasteiger partial charge in [0.15, 0.2) is 11.6 Å². The highest BCUT2D eigenvalue weighted by Gasteiger charge is 2.38. The van der Waals surface area contributed by atoms with Gasteiger partial charge in [0, 0.05) is 13.1 Å². The minimum absolute atomic E-state index is 0.0607. The molecule has 2 aliphatic rings. The van der Waals surface area contributed by atoms with Crippen LogP contribution in [0.15, 0.2) is 93.7 Å². The molecule has 0 spiro atoms. The number of nitrogens with zero attached hydrogens (tertiary/aromatic N) is 3. The molecular formula is C32H33Cl2N3O4. The molecule has 0 radical (unpaired) electrons. The van der Waals surface area contributed by atoms with Gasteiger partial charge in [-0.1, -0.05) is 78.2 Å². The number of carboxylic acid groups (broad SMARTS) is 1. The second-order valence-corrected chi connectivity index (χ2v) is 10.9. The Balaban J connectivity index is 1.51. The van der Waals surface area contributed by atoms with Gasteiger partial charge in [0.2, 0.25) is 0 Å². The molecule has 5 rings (SSSR count). The molecule has 2 aromatic carbocycles. The molecule has 0 amide bonds. The van der Waals surface area contributed by atoms with Crippen LogP contribution in [0.1, 0.15) is 42.2 Å². The Morgan fingerprint density at radius 3 is 2.56 bits per heavy atom. The molecule has 1 atom stereocenters. The van der Waals surface area contributed by atoms with Gasteiger partial charge in [-0.25, -0.2) is 9.79 Å². The molecule has 2 aliphatic heterocycles. The lowest BCUT2D eigenvalue weighted by Gasteiger charge is -2.37. The Kier molecular flexibility index (Phi) is 9.96. The third-order valence-corrected chi connectivity index (χ3v) is 8.03. The van der Waals surface area contributed by atoms with Crippen LogP contribution < -0.4 is 0 Å². The number of aliphatic carboxylic acids is 1. The number of furan rings is 1. The fraction of sp³-hybridized carbons (Fsp3) is 0.312. The normalized spacial score (nSPS) is 18.2. The van der Waals surface area contributed by atoms with Crippen molar-refractivity contribution >= 4 is 41.1 Å². The van der Waals surface area contributed by atoms with E-state index in [1.807, 2.05) is 53.5 Å². The Morgan fingerprint density at radius 1 is 1.05 bits per heavy atom. The van der Waals surface area contributed by atoms with Gasteiger partial charge in [-0.15, -0.1) is 0 Å². The molecule has 1 aromatic heterocycles. The van der Waals surface area contributed by atoms with Crippen molar-refractivity contribution in [2.75, 3.05) is 39.4 Å². The predicted octanol–water partition coefficient (Wildman–Crippen LogP) is 6.94. The summed E-state index contributed by atoms with van der Waals surface area (Å²) >= 11 is 12.7. The molecule has 0 saturated carbocycles. The molecule has 9 heteroatoms. The van der Waals surface area contributed by atoms with Crippen molar-refractivity contribution in [3.63, 3.8) is 0 Å². The lowest BCUT2D eigenvalue weighted by molar-refractivity contribution is -0.133. The van der Waals surface area contributed by atoms with Crippen LogP contribution in [0.4, 0.5) is 0 Å². The van der Waals surface area contributed by atoms with Crippen LogP contribution in [0.3, 0.4) is 0 Å². The monoisotopic (exact) mass is 593 g/mol. The summed E-state index contributed by atoms with van der Waals surface area (Å²) in [6.07, 6.45) is 9.22. The highest BCUT2D eigenvalue weighted by molar-refractivity contribution is 6.42.